The Bertz CT molecular complexity index is 1020. The molecule has 0 aliphatic carbocycles. The zero-order chi connectivity index (χ0) is 16.0. The van der Waals surface area contributed by atoms with Gasteiger partial charge in [0, 0.05) is 22.7 Å². The van der Waals surface area contributed by atoms with Gasteiger partial charge in [0.2, 0.25) is 0 Å². The fourth-order valence-corrected chi connectivity index (χ4v) is 2.52. The van der Waals surface area contributed by atoms with E-state index >= 15 is 0 Å². The van der Waals surface area contributed by atoms with Crippen LogP contribution in [0.15, 0.2) is 47.4 Å². The van der Waals surface area contributed by atoms with Gasteiger partial charge < -0.3 is 14.6 Å². The summed E-state index contributed by atoms with van der Waals surface area (Å²) in [5.41, 5.74) is 1.43. The van der Waals surface area contributed by atoms with Crippen molar-refractivity contribution in [3.63, 3.8) is 0 Å². The van der Waals surface area contributed by atoms with Crippen molar-refractivity contribution in [2.45, 2.75) is 0 Å². The van der Waals surface area contributed by atoms with Crippen molar-refractivity contribution < 1.29 is 18.4 Å². The Morgan fingerprint density at radius 3 is 2.83 bits per heavy atom. The van der Waals surface area contributed by atoms with E-state index in [2.05, 4.69) is 15.1 Å². The Morgan fingerprint density at radius 2 is 1.96 bits per heavy atom. The fraction of sp³-hybridized carbons (Fsp3) is 0. The summed E-state index contributed by atoms with van der Waals surface area (Å²) in [7, 11) is 0. The maximum absolute atomic E-state index is 14.1. The van der Waals surface area contributed by atoms with E-state index in [0.29, 0.717) is 22.2 Å². The molecule has 7 heteroatoms. The number of rotatable bonds is 2. The van der Waals surface area contributed by atoms with Crippen LogP contribution in [0.1, 0.15) is 0 Å². The Labute approximate surface area is 128 Å². The number of aromatic nitrogens is 3. The highest BCUT2D eigenvalue weighted by Gasteiger charge is 2.20. The number of aromatic amines is 1. The van der Waals surface area contributed by atoms with Gasteiger partial charge in [-0.05, 0) is 12.1 Å². The van der Waals surface area contributed by atoms with E-state index in [0.717, 1.165) is 6.07 Å². The van der Waals surface area contributed by atoms with Crippen molar-refractivity contribution in [3.05, 3.63) is 54.5 Å². The van der Waals surface area contributed by atoms with Gasteiger partial charge in [-0.3, -0.25) is 0 Å². The van der Waals surface area contributed by atoms with Gasteiger partial charge in [0.05, 0.1) is 18.0 Å². The van der Waals surface area contributed by atoms with Gasteiger partial charge in [-0.15, -0.1) is 0 Å². The number of nitrogens with zero attached hydrogens (tertiary/aromatic N) is 2. The molecule has 5 nitrogen and oxygen atoms in total. The van der Waals surface area contributed by atoms with Gasteiger partial charge in [-0.1, -0.05) is 17.3 Å². The van der Waals surface area contributed by atoms with Crippen molar-refractivity contribution in [3.8, 4) is 28.2 Å². The number of aromatic hydroxyl groups is 1. The van der Waals surface area contributed by atoms with Crippen molar-refractivity contribution in [2.75, 3.05) is 0 Å². The minimum atomic E-state index is -0.974. The molecule has 0 fully saturated rings. The third-order valence-electron chi connectivity index (χ3n) is 3.57. The van der Waals surface area contributed by atoms with Crippen LogP contribution in [-0.4, -0.2) is 20.2 Å². The summed E-state index contributed by atoms with van der Waals surface area (Å²) in [6.45, 7) is 0. The second kappa shape index (κ2) is 4.91. The Morgan fingerprint density at radius 1 is 1.09 bits per heavy atom. The summed E-state index contributed by atoms with van der Waals surface area (Å²) in [6, 6.07) is 5.40. The van der Waals surface area contributed by atoms with Gasteiger partial charge in [-0.2, -0.15) is 0 Å². The molecule has 4 aromatic rings. The zero-order valence-corrected chi connectivity index (χ0v) is 11.5. The molecular weight excluding hydrogens is 304 g/mol. The summed E-state index contributed by atoms with van der Waals surface area (Å²) >= 11 is 0. The van der Waals surface area contributed by atoms with Crippen LogP contribution in [0.2, 0.25) is 0 Å². The van der Waals surface area contributed by atoms with Crippen molar-refractivity contribution in [1.82, 2.24) is 15.1 Å². The molecule has 0 radical (unpaired) electrons. The summed E-state index contributed by atoms with van der Waals surface area (Å²) in [6.07, 6.45) is 4.23. The smallest absolute Gasteiger partial charge is 0.176 e. The first kappa shape index (κ1) is 13.4. The minimum Gasteiger partial charge on any atom is -0.506 e. The Balaban J connectivity index is 1.96. The van der Waals surface area contributed by atoms with Gasteiger partial charge in [-0.25, -0.2) is 13.8 Å². The van der Waals surface area contributed by atoms with Crippen LogP contribution in [0.3, 0.4) is 0 Å². The number of halogens is 2. The van der Waals surface area contributed by atoms with Gasteiger partial charge in [0.15, 0.2) is 17.4 Å². The monoisotopic (exact) mass is 313 g/mol. The normalized spacial score (nSPS) is 11.2. The topological polar surface area (TPSA) is 74.9 Å². The SMILES string of the molecule is Oc1cnc2[nH]cc(-c3oncc3-c3cccc(F)c3F)c2c1. The number of nitrogens with one attached hydrogen (secondary N) is 1. The molecule has 3 aromatic heterocycles. The Kier molecular flexibility index (Phi) is 2.87. The molecule has 0 aliphatic rings. The van der Waals surface area contributed by atoms with Crippen LogP contribution in [-0.2, 0) is 0 Å². The quantitative estimate of drug-likeness (QED) is 0.589. The molecule has 0 saturated heterocycles. The number of benzene rings is 1. The summed E-state index contributed by atoms with van der Waals surface area (Å²) in [5, 5.41) is 13.9. The number of H-pyrrole nitrogens is 1. The average Bonchev–Trinajstić information content (AvgIpc) is 3.15. The molecule has 0 unspecified atom stereocenters. The average molecular weight is 313 g/mol. The lowest BCUT2D eigenvalue weighted by atomic mass is 10.0. The van der Waals surface area contributed by atoms with Crippen LogP contribution in [0.4, 0.5) is 8.78 Å². The van der Waals surface area contributed by atoms with E-state index in [9.17, 15) is 13.9 Å². The molecule has 0 saturated carbocycles. The molecule has 23 heavy (non-hydrogen) atoms. The third-order valence-corrected chi connectivity index (χ3v) is 3.57. The first-order valence-electron chi connectivity index (χ1n) is 6.70. The molecule has 3 heterocycles. The lowest BCUT2D eigenvalue weighted by molar-refractivity contribution is 0.432. The zero-order valence-electron chi connectivity index (χ0n) is 11.5. The van der Waals surface area contributed by atoms with Gasteiger partial charge in [0.25, 0.3) is 0 Å². The van der Waals surface area contributed by atoms with Crippen molar-refractivity contribution >= 4 is 11.0 Å². The maximum Gasteiger partial charge on any atom is 0.176 e. The lowest BCUT2D eigenvalue weighted by Crippen LogP contribution is -1.89. The number of pyridine rings is 1. The second-order valence-electron chi connectivity index (χ2n) is 4.96. The molecule has 0 spiro atoms. The van der Waals surface area contributed by atoms with Crippen molar-refractivity contribution in [1.29, 1.82) is 0 Å². The van der Waals surface area contributed by atoms with E-state index in [1.165, 1.54) is 30.6 Å². The highest BCUT2D eigenvalue weighted by Crippen LogP contribution is 2.37. The molecule has 0 atom stereocenters. The predicted octanol–water partition coefficient (Wildman–Crippen LogP) is 3.87. The molecule has 114 valence electrons. The van der Waals surface area contributed by atoms with E-state index < -0.39 is 11.6 Å². The maximum atomic E-state index is 14.1. The number of fused-ring (bicyclic) bond motifs is 1. The summed E-state index contributed by atoms with van der Waals surface area (Å²) in [5.74, 6) is -1.69. The molecule has 2 N–H and O–H groups in total. The molecule has 1 aromatic carbocycles. The second-order valence-corrected chi connectivity index (χ2v) is 4.96. The molecule has 0 amide bonds. The highest BCUT2D eigenvalue weighted by atomic mass is 19.2. The van der Waals surface area contributed by atoms with Crippen LogP contribution in [0.25, 0.3) is 33.5 Å². The van der Waals surface area contributed by atoms with E-state index in [4.69, 9.17) is 4.52 Å². The molecule has 4 rings (SSSR count). The van der Waals surface area contributed by atoms with Crippen LogP contribution < -0.4 is 0 Å². The predicted molar refractivity (Wildman–Crippen MR) is 78.6 cm³/mol. The number of hydrogen-bond acceptors (Lipinski definition) is 4. The van der Waals surface area contributed by atoms with Crippen molar-refractivity contribution in [2.24, 2.45) is 0 Å². The molecule has 0 bridgehead atoms. The summed E-state index contributed by atoms with van der Waals surface area (Å²) in [4.78, 5) is 6.97. The lowest BCUT2D eigenvalue weighted by Gasteiger charge is -2.03. The first-order chi connectivity index (χ1) is 11.1. The van der Waals surface area contributed by atoms with Crippen LogP contribution >= 0.6 is 0 Å². The largest absolute Gasteiger partial charge is 0.506 e. The van der Waals surface area contributed by atoms with Crippen LogP contribution in [0, 0.1) is 11.6 Å². The van der Waals surface area contributed by atoms with E-state index in [1.807, 2.05) is 0 Å². The van der Waals surface area contributed by atoms with E-state index in [1.54, 1.807) is 6.20 Å². The standard InChI is InChI=1S/C16H9F2N3O2/c17-13-3-1-2-9(14(13)18)12-7-21-23-15(12)11-6-20-16-10(11)4-8(22)5-19-16/h1-7,22H,(H,19,20). The van der Waals surface area contributed by atoms with Gasteiger partial charge in [0.1, 0.15) is 11.4 Å². The fourth-order valence-electron chi connectivity index (χ4n) is 2.52. The molecular formula is C16H9F2N3O2. The van der Waals surface area contributed by atoms with E-state index in [-0.39, 0.29) is 17.1 Å². The Hall–Kier alpha value is -3.22. The highest BCUT2D eigenvalue weighted by molar-refractivity contribution is 5.96. The molecule has 0 aliphatic heterocycles. The minimum absolute atomic E-state index is 0.0173. The first-order valence-corrected chi connectivity index (χ1v) is 6.70. The summed E-state index contributed by atoms with van der Waals surface area (Å²) < 4.78 is 32.8. The third kappa shape index (κ3) is 2.05. The van der Waals surface area contributed by atoms with Crippen LogP contribution in [0.5, 0.6) is 5.75 Å². The van der Waals surface area contributed by atoms with Gasteiger partial charge >= 0.3 is 0 Å². The number of hydrogen-bond donors (Lipinski definition) is 2.